The van der Waals surface area contributed by atoms with Crippen LogP contribution in [0.15, 0.2) is 40.0 Å². The second-order valence-corrected chi connectivity index (χ2v) is 7.32. The number of hydrogen-bond donors (Lipinski definition) is 1. The van der Waals surface area contributed by atoms with Gasteiger partial charge in [0.2, 0.25) is 0 Å². The maximum atomic E-state index is 14.0. The summed E-state index contributed by atoms with van der Waals surface area (Å²) >= 11 is 0. The van der Waals surface area contributed by atoms with Gasteiger partial charge in [0.25, 0.3) is 0 Å². The molecule has 2 heterocycles. The molecule has 0 saturated carbocycles. The Bertz CT molecular complexity index is 775. The monoisotopic (exact) mass is 516 g/mol. The highest BCUT2D eigenvalue weighted by atomic mass is 127. The molecule has 160 valence electrons. The molecule has 1 N–H and O–H groups in total. The lowest BCUT2D eigenvalue weighted by molar-refractivity contribution is 0.169. The SMILES string of the molecule is CN=C(NCc1ccc(F)c(CN(C)C)c1)N1CCN(Cc2ccon2)CC1.I. The zero-order valence-corrected chi connectivity index (χ0v) is 19.6. The minimum Gasteiger partial charge on any atom is -0.364 e. The minimum absolute atomic E-state index is 0. The van der Waals surface area contributed by atoms with Crippen LogP contribution in [0.5, 0.6) is 0 Å². The Morgan fingerprint density at radius 1 is 1.24 bits per heavy atom. The quantitative estimate of drug-likeness (QED) is 0.362. The lowest BCUT2D eigenvalue weighted by atomic mass is 10.1. The van der Waals surface area contributed by atoms with Crippen molar-refractivity contribution in [3.05, 3.63) is 53.2 Å². The molecule has 1 fully saturated rings. The van der Waals surface area contributed by atoms with Crippen LogP contribution in [-0.4, -0.2) is 73.1 Å². The number of aliphatic imine (C=N–C) groups is 1. The highest BCUT2D eigenvalue weighted by Gasteiger charge is 2.20. The molecule has 1 aromatic heterocycles. The van der Waals surface area contributed by atoms with Gasteiger partial charge in [-0.2, -0.15) is 0 Å². The van der Waals surface area contributed by atoms with Crippen LogP contribution in [-0.2, 0) is 19.6 Å². The second kappa shape index (κ2) is 11.5. The molecule has 29 heavy (non-hydrogen) atoms. The predicted molar refractivity (Wildman–Crippen MR) is 123 cm³/mol. The zero-order valence-electron chi connectivity index (χ0n) is 17.3. The molecule has 1 aliphatic rings. The van der Waals surface area contributed by atoms with Crippen LogP contribution in [0.1, 0.15) is 16.8 Å². The van der Waals surface area contributed by atoms with Crippen molar-refractivity contribution in [3.63, 3.8) is 0 Å². The van der Waals surface area contributed by atoms with Gasteiger partial charge in [0.15, 0.2) is 5.96 Å². The summed E-state index contributed by atoms with van der Waals surface area (Å²) in [5.41, 5.74) is 2.71. The molecule has 1 aromatic carbocycles. The summed E-state index contributed by atoms with van der Waals surface area (Å²) in [4.78, 5) is 11.0. The van der Waals surface area contributed by atoms with E-state index < -0.39 is 0 Å². The molecule has 2 aromatic rings. The van der Waals surface area contributed by atoms with Gasteiger partial charge in [-0.25, -0.2) is 4.39 Å². The van der Waals surface area contributed by atoms with Gasteiger partial charge >= 0.3 is 0 Å². The zero-order chi connectivity index (χ0) is 19.9. The van der Waals surface area contributed by atoms with Gasteiger partial charge in [-0.15, -0.1) is 24.0 Å². The fraction of sp³-hybridized carbons (Fsp3) is 0.500. The van der Waals surface area contributed by atoms with Crippen molar-refractivity contribution >= 4 is 29.9 Å². The van der Waals surface area contributed by atoms with Crippen LogP contribution in [0.4, 0.5) is 4.39 Å². The molecule has 1 aliphatic heterocycles. The number of guanidine groups is 1. The van der Waals surface area contributed by atoms with E-state index in [4.69, 9.17) is 4.52 Å². The summed E-state index contributed by atoms with van der Waals surface area (Å²) < 4.78 is 18.9. The molecule has 7 nitrogen and oxygen atoms in total. The molecule has 0 aliphatic carbocycles. The highest BCUT2D eigenvalue weighted by molar-refractivity contribution is 14.0. The van der Waals surface area contributed by atoms with E-state index in [2.05, 4.69) is 25.3 Å². The van der Waals surface area contributed by atoms with Gasteiger partial charge in [0.05, 0.1) is 5.69 Å². The van der Waals surface area contributed by atoms with Gasteiger partial charge in [-0.05, 0) is 31.8 Å². The summed E-state index contributed by atoms with van der Waals surface area (Å²) in [5, 5.41) is 7.39. The fourth-order valence-electron chi connectivity index (χ4n) is 3.38. The average Bonchev–Trinajstić information content (AvgIpc) is 3.18. The second-order valence-electron chi connectivity index (χ2n) is 7.32. The van der Waals surface area contributed by atoms with Crippen LogP contribution >= 0.6 is 24.0 Å². The number of benzene rings is 1. The van der Waals surface area contributed by atoms with E-state index in [1.807, 2.05) is 37.2 Å². The Kier molecular flexibility index (Phi) is 9.31. The standard InChI is InChI=1S/C20H29FN6O.HI/c1-22-20(23-13-16-4-5-19(21)17(12-16)14-25(2)3)27-9-7-26(8-10-27)15-18-6-11-28-24-18;/h4-6,11-12H,7-10,13-15H2,1-3H3,(H,22,23);1H. The largest absolute Gasteiger partial charge is 0.364 e. The predicted octanol–water partition coefficient (Wildman–Crippen LogP) is 2.39. The molecule has 0 spiro atoms. The van der Waals surface area contributed by atoms with E-state index >= 15 is 0 Å². The lowest BCUT2D eigenvalue weighted by Gasteiger charge is -2.36. The highest BCUT2D eigenvalue weighted by Crippen LogP contribution is 2.13. The van der Waals surface area contributed by atoms with Gasteiger partial charge in [0, 0.05) is 64.5 Å². The molecule has 0 atom stereocenters. The summed E-state index contributed by atoms with van der Waals surface area (Å²) in [5.74, 6) is 0.713. The van der Waals surface area contributed by atoms with Crippen LogP contribution in [0.25, 0.3) is 0 Å². The van der Waals surface area contributed by atoms with Crippen molar-refractivity contribution in [3.8, 4) is 0 Å². The Morgan fingerprint density at radius 3 is 2.62 bits per heavy atom. The smallest absolute Gasteiger partial charge is 0.194 e. The molecule has 0 bridgehead atoms. The van der Waals surface area contributed by atoms with Gasteiger partial charge in [-0.3, -0.25) is 9.89 Å². The van der Waals surface area contributed by atoms with Crippen LogP contribution in [0.3, 0.4) is 0 Å². The van der Waals surface area contributed by atoms with Gasteiger partial charge in [-0.1, -0.05) is 11.2 Å². The van der Waals surface area contributed by atoms with E-state index in [1.165, 1.54) is 0 Å². The number of nitrogens with one attached hydrogen (secondary N) is 1. The lowest BCUT2D eigenvalue weighted by Crippen LogP contribution is -2.52. The molecular formula is C20H30FIN6O. The Labute approximate surface area is 188 Å². The first-order valence-electron chi connectivity index (χ1n) is 9.54. The summed E-state index contributed by atoms with van der Waals surface area (Å²) in [6, 6.07) is 7.19. The number of halogens is 2. The van der Waals surface area contributed by atoms with Crippen molar-refractivity contribution in [1.82, 2.24) is 25.2 Å². The maximum Gasteiger partial charge on any atom is 0.194 e. The summed E-state index contributed by atoms with van der Waals surface area (Å²) in [6.07, 6.45) is 1.61. The molecule has 0 unspecified atom stereocenters. The molecular weight excluding hydrogens is 486 g/mol. The first-order valence-corrected chi connectivity index (χ1v) is 9.54. The number of nitrogens with zero attached hydrogens (tertiary/aromatic N) is 5. The normalized spacial score (nSPS) is 15.5. The van der Waals surface area contributed by atoms with Crippen molar-refractivity contribution in [2.24, 2.45) is 4.99 Å². The van der Waals surface area contributed by atoms with Gasteiger partial charge in [0.1, 0.15) is 12.1 Å². The minimum atomic E-state index is -0.162. The Morgan fingerprint density at radius 2 is 2.00 bits per heavy atom. The van der Waals surface area contributed by atoms with Crippen LogP contribution in [0, 0.1) is 5.82 Å². The first kappa shape index (κ1) is 23.6. The summed E-state index contributed by atoms with van der Waals surface area (Å²) in [7, 11) is 5.68. The third-order valence-electron chi connectivity index (χ3n) is 4.81. The Balaban J connectivity index is 0.00000300. The third-order valence-corrected chi connectivity index (χ3v) is 4.81. The van der Waals surface area contributed by atoms with E-state index in [1.54, 1.807) is 19.4 Å². The van der Waals surface area contributed by atoms with E-state index in [-0.39, 0.29) is 29.8 Å². The van der Waals surface area contributed by atoms with Crippen LogP contribution in [0.2, 0.25) is 0 Å². The van der Waals surface area contributed by atoms with Crippen molar-refractivity contribution in [2.45, 2.75) is 19.6 Å². The number of hydrogen-bond acceptors (Lipinski definition) is 5. The van der Waals surface area contributed by atoms with Crippen molar-refractivity contribution < 1.29 is 8.91 Å². The first-order chi connectivity index (χ1) is 13.5. The molecule has 1 saturated heterocycles. The molecule has 9 heteroatoms. The number of rotatable bonds is 6. The number of aromatic nitrogens is 1. The molecule has 0 amide bonds. The van der Waals surface area contributed by atoms with E-state index in [9.17, 15) is 4.39 Å². The van der Waals surface area contributed by atoms with Gasteiger partial charge < -0.3 is 19.6 Å². The third kappa shape index (κ3) is 6.93. The van der Waals surface area contributed by atoms with Crippen LogP contribution < -0.4 is 5.32 Å². The molecule has 0 radical (unpaired) electrons. The van der Waals surface area contributed by atoms with Crippen molar-refractivity contribution in [2.75, 3.05) is 47.3 Å². The maximum absolute atomic E-state index is 14.0. The topological polar surface area (TPSA) is 60.1 Å². The average molecular weight is 516 g/mol. The number of piperazine rings is 1. The van der Waals surface area contributed by atoms with E-state index in [0.717, 1.165) is 49.9 Å². The van der Waals surface area contributed by atoms with E-state index in [0.29, 0.717) is 18.7 Å². The Hall–Kier alpha value is -1.72. The molecule has 3 rings (SSSR count). The summed E-state index contributed by atoms with van der Waals surface area (Å²) in [6.45, 7) is 5.68. The van der Waals surface area contributed by atoms with Crippen molar-refractivity contribution in [1.29, 1.82) is 0 Å². The fourth-order valence-corrected chi connectivity index (χ4v) is 3.38.